The molecule has 1 rings (SSSR count). The van der Waals surface area contributed by atoms with Crippen LogP contribution in [0.15, 0.2) is 36.4 Å². The first-order chi connectivity index (χ1) is 8.26. The van der Waals surface area contributed by atoms with E-state index in [1.54, 1.807) is 6.08 Å². The summed E-state index contributed by atoms with van der Waals surface area (Å²) in [5.74, 6) is 1.08. The van der Waals surface area contributed by atoms with Crippen molar-refractivity contribution in [3.8, 4) is 0 Å². The molecular weight excluding hydrogens is 203 g/mol. The van der Waals surface area contributed by atoms with E-state index in [0.29, 0.717) is 11.6 Å². The van der Waals surface area contributed by atoms with Crippen molar-refractivity contribution in [2.45, 2.75) is 44.2 Å². The fourth-order valence-electron chi connectivity index (χ4n) is 2.00. The highest BCUT2D eigenvalue weighted by Gasteiger charge is 2.18. The quantitative estimate of drug-likeness (QED) is 0.538. The smallest absolute Gasteiger partial charge is 0.231 e. The largest absolute Gasteiger partial charge is 0.403 e. The minimum absolute atomic E-state index is 0.422. The van der Waals surface area contributed by atoms with Crippen LogP contribution in [0.5, 0.6) is 0 Å². The number of nitrogens with one attached hydrogen (secondary N) is 1. The third-order valence-electron chi connectivity index (χ3n) is 3.16. The summed E-state index contributed by atoms with van der Waals surface area (Å²) in [6.45, 7) is 5.69. The maximum absolute atomic E-state index is 5.88. The minimum atomic E-state index is 0.422. The van der Waals surface area contributed by atoms with E-state index in [1.165, 1.54) is 12.8 Å². The molecule has 4 heteroatoms. The molecule has 0 atom stereocenters. The van der Waals surface area contributed by atoms with Crippen molar-refractivity contribution in [3.63, 3.8) is 0 Å². The number of rotatable bonds is 6. The van der Waals surface area contributed by atoms with Gasteiger partial charge in [-0.25, -0.2) is 0 Å². The zero-order chi connectivity index (χ0) is 12.5. The van der Waals surface area contributed by atoms with Gasteiger partial charge in [-0.15, -0.1) is 0 Å². The molecule has 1 nitrogen and oxygen atoms in total. The first-order valence-electron chi connectivity index (χ1n) is 6.40. The molecule has 0 unspecified atom stereocenters. The summed E-state index contributed by atoms with van der Waals surface area (Å²) >= 11 is 0. The van der Waals surface area contributed by atoms with E-state index in [1.807, 2.05) is 26.5 Å². The predicted molar refractivity (Wildman–Crippen MR) is 79.5 cm³/mol. The Balaban J connectivity index is 2.18. The second-order valence-corrected chi connectivity index (χ2v) is 4.54. The summed E-state index contributed by atoms with van der Waals surface area (Å²) in [6, 6.07) is 0. The van der Waals surface area contributed by atoms with Gasteiger partial charge >= 0.3 is 0 Å². The molecule has 0 spiro atoms. The molecule has 0 saturated heterocycles. The first-order valence-corrected chi connectivity index (χ1v) is 6.40. The van der Waals surface area contributed by atoms with E-state index in [0.717, 1.165) is 18.3 Å². The SMILES string of the molecule is [B]C1CCC([B]N[B]C(/C=C\C=C)=C/C)CC1. The van der Waals surface area contributed by atoms with Gasteiger partial charge in [-0.3, -0.25) is 0 Å². The molecule has 0 amide bonds. The fraction of sp³-hybridized carbons (Fsp3) is 0.538. The standard InChI is InChI=1S/C13H20B3N/c1-3-5-6-12(4-2)15-17-16-13-9-7-11(14)8-10-13/h3-6,11,13,17H,1,7-10H2,2H3/b6-5-,12-4+. The summed E-state index contributed by atoms with van der Waals surface area (Å²) in [5, 5.41) is 3.29. The Morgan fingerprint density at radius 1 is 1.35 bits per heavy atom. The van der Waals surface area contributed by atoms with Crippen LogP contribution in [0, 0.1) is 0 Å². The predicted octanol–water partition coefficient (Wildman–Crippen LogP) is 2.78. The van der Waals surface area contributed by atoms with Crippen molar-refractivity contribution in [2.24, 2.45) is 0 Å². The lowest BCUT2D eigenvalue weighted by Gasteiger charge is -2.25. The lowest BCUT2D eigenvalue weighted by atomic mass is 9.59. The zero-order valence-electron chi connectivity index (χ0n) is 10.7. The van der Waals surface area contributed by atoms with Crippen LogP contribution >= 0.6 is 0 Å². The van der Waals surface area contributed by atoms with E-state index in [-0.39, 0.29) is 0 Å². The molecule has 0 aromatic heterocycles. The maximum atomic E-state index is 5.88. The van der Waals surface area contributed by atoms with Gasteiger partial charge in [-0.05, 0) is 6.92 Å². The molecule has 1 fully saturated rings. The van der Waals surface area contributed by atoms with Crippen LogP contribution in [0.3, 0.4) is 0 Å². The lowest BCUT2D eigenvalue weighted by Crippen LogP contribution is -2.30. The Labute approximate surface area is 109 Å². The zero-order valence-corrected chi connectivity index (χ0v) is 10.7. The molecule has 0 aromatic carbocycles. The number of allylic oxidation sites excluding steroid dienone is 5. The Kier molecular flexibility index (Phi) is 7.19. The molecule has 86 valence electrons. The number of hydrogen-bond donors (Lipinski definition) is 1. The van der Waals surface area contributed by atoms with Gasteiger partial charge in [0.05, 0.1) is 7.85 Å². The van der Waals surface area contributed by atoms with Crippen LogP contribution in [-0.2, 0) is 0 Å². The normalized spacial score (nSPS) is 25.8. The first kappa shape index (κ1) is 14.4. The average molecular weight is 223 g/mol. The summed E-state index contributed by atoms with van der Waals surface area (Å²) in [4.78, 5) is 0. The molecule has 1 aliphatic rings. The van der Waals surface area contributed by atoms with Crippen LogP contribution in [0.1, 0.15) is 32.6 Å². The summed E-state index contributed by atoms with van der Waals surface area (Å²) in [5.41, 5.74) is 1.16. The van der Waals surface area contributed by atoms with Gasteiger partial charge in [0.2, 0.25) is 7.41 Å². The Bertz CT molecular complexity index is 278. The molecule has 1 aliphatic carbocycles. The van der Waals surface area contributed by atoms with E-state index < -0.39 is 0 Å². The van der Waals surface area contributed by atoms with Crippen LogP contribution in [0.25, 0.3) is 0 Å². The maximum Gasteiger partial charge on any atom is 0.231 e. The van der Waals surface area contributed by atoms with Crippen LogP contribution in [0.2, 0.25) is 11.6 Å². The van der Waals surface area contributed by atoms with Gasteiger partial charge < -0.3 is 5.14 Å². The Morgan fingerprint density at radius 2 is 2.06 bits per heavy atom. The molecule has 4 radical (unpaired) electrons. The third kappa shape index (κ3) is 6.02. The summed E-state index contributed by atoms with van der Waals surface area (Å²) < 4.78 is 0. The third-order valence-corrected chi connectivity index (χ3v) is 3.16. The van der Waals surface area contributed by atoms with Gasteiger partial charge in [0.1, 0.15) is 0 Å². The minimum Gasteiger partial charge on any atom is -0.403 e. The van der Waals surface area contributed by atoms with Crippen molar-refractivity contribution >= 4 is 22.7 Å². The molecule has 17 heavy (non-hydrogen) atoms. The van der Waals surface area contributed by atoms with E-state index >= 15 is 0 Å². The molecule has 0 aromatic rings. The highest BCUT2D eigenvalue weighted by Crippen LogP contribution is 2.32. The monoisotopic (exact) mass is 223 g/mol. The second-order valence-electron chi connectivity index (χ2n) is 4.54. The van der Waals surface area contributed by atoms with Crippen molar-refractivity contribution in [2.75, 3.05) is 0 Å². The van der Waals surface area contributed by atoms with Crippen molar-refractivity contribution in [1.29, 1.82) is 0 Å². The Hall–Kier alpha value is -0.625. The van der Waals surface area contributed by atoms with Crippen molar-refractivity contribution in [1.82, 2.24) is 5.14 Å². The second kappa shape index (κ2) is 8.46. The van der Waals surface area contributed by atoms with E-state index in [4.69, 9.17) is 7.85 Å². The summed E-state index contributed by atoms with van der Waals surface area (Å²) in [7, 11) is 10.1. The molecule has 0 bridgehead atoms. The topological polar surface area (TPSA) is 12.0 Å². The Morgan fingerprint density at radius 3 is 2.65 bits per heavy atom. The van der Waals surface area contributed by atoms with Gasteiger partial charge in [-0.1, -0.05) is 73.7 Å². The van der Waals surface area contributed by atoms with Crippen LogP contribution in [0.4, 0.5) is 0 Å². The number of hydrogen-bond acceptors (Lipinski definition) is 1. The molecule has 1 saturated carbocycles. The van der Waals surface area contributed by atoms with E-state index in [9.17, 15) is 0 Å². The van der Waals surface area contributed by atoms with Crippen LogP contribution in [-0.4, -0.2) is 22.7 Å². The van der Waals surface area contributed by atoms with Crippen LogP contribution < -0.4 is 5.14 Å². The highest BCUT2D eigenvalue weighted by atomic mass is 14.6. The lowest BCUT2D eigenvalue weighted by molar-refractivity contribution is 0.499. The molecule has 1 N–H and O–H groups in total. The average Bonchev–Trinajstić information content (AvgIpc) is 2.36. The fourth-order valence-corrected chi connectivity index (χ4v) is 2.00. The molecule has 0 aliphatic heterocycles. The molecular formula is C13H20B3N. The summed E-state index contributed by atoms with van der Waals surface area (Å²) in [6.07, 6.45) is 12.5. The van der Waals surface area contributed by atoms with Crippen molar-refractivity contribution < 1.29 is 0 Å². The van der Waals surface area contributed by atoms with Gasteiger partial charge in [0.25, 0.3) is 0 Å². The van der Waals surface area contributed by atoms with Crippen molar-refractivity contribution in [3.05, 3.63) is 36.4 Å². The molecule has 0 heterocycles. The van der Waals surface area contributed by atoms with Gasteiger partial charge in [0.15, 0.2) is 7.41 Å². The van der Waals surface area contributed by atoms with E-state index in [2.05, 4.69) is 25.2 Å². The van der Waals surface area contributed by atoms with Gasteiger partial charge in [-0.2, -0.15) is 0 Å². The van der Waals surface area contributed by atoms with Gasteiger partial charge in [0, 0.05) is 0 Å². The highest BCUT2D eigenvalue weighted by molar-refractivity contribution is 6.57.